The van der Waals surface area contributed by atoms with Crippen LogP contribution >= 0.6 is 0 Å². The Labute approximate surface area is 166 Å². The van der Waals surface area contributed by atoms with Crippen molar-refractivity contribution in [3.8, 4) is 0 Å². The maximum atomic E-state index is 13.0. The summed E-state index contributed by atoms with van der Waals surface area (Å²) in [5.41, 5.74) is -2.13. The molecule has 0 bridgehead atoms. The van der Waals surface area contributed by atoms with E-state index >= 15 is 0 Å². The lowest BCUT2D eigenvalue weighted by molar-refractivity contribution is -0.137. The molecule has 1 saturated carbocycles. The smallest absolute Gasteiger partial charge is 0.325 e. The van der Waals surface area contributed by atoms with Crippen molar-refractivity contribution in [2.45, 2.75) is 51.7 Å². The van der Waals surface area contributed by atoms with Crippen LogP contribution in [0.1, 0.15) is 45.6 Å². The van der Waals surface area contributed by atoms with Gasteiger partial charge in [-0.25, -0.2) is 4.79 Å². The Kier molecular flexibility index (Phi) is 5.13. The van der Waals surface area contributed by atoms with Crippen molar-refractivity contribution >= 4 is 23.5 Å². The minimum absolute atomic E-state index is 0.0565. The van der Waals surface area contributed by atoms with Gasteiger partial charge in [-0.15, -0.1) is 0 Å². The Morgan fingerprint density at radius 3 is 2.59 bits per heavy atom. The Hall–Kier alpha value is -2.58. The molecule has 2 fully saturated rings. The van der Waals surface area contributed by atoms with Gasteiger partial charge in [0.1, 0.15) is 12.1 Å². The predicted octanol–water partition coefficient (Wildman–Crippen LogP) is 3.78. The molecule has 29 heavy (non-hydrogen) atoms. The van der Waals surface area contributed by atoms with Gasteiger partial charge in [-0.2, -0.15) is 13.2 Å². The molecule has 1 heterocycles. The summed E-state index contributed by atoms with van der Waals surface area (Å²) in [5, 5.41) is 5.09. The fraction of sp³-hybridized carbons (Fsp3) is 0.550. The molecule has 1 saturated heterocycles. The largest absolute Gasteiger partial charge is 0.416 e. The molecular weight excluding hydrogens is 387 g/mol. The van der Waals surface area contributed by atoms with E-state index in [1.54, 1.807) is 0 Å². The predicted molar refractivity (Wildman–Crippen MR) is 99.8 cm³/mol. The average Bonchev–Trinajstić information content (AvgIpc) is 2.76. The molecule has 1 aliphatic carbocycles. The second kappa shape index (κ2) is 7.03. The molecule has 4 amide bonds. The topological polar surface area (TPSA) is 78.5 Å². The first kappa shape index (κ1) is 21.1. The summed E-state index contributed by atoms with van der Waals surface area (Å²) in [6, 6.07) is 3.52. The highest BCUT2D eigenvalue weighted by Gasteiger charge is 2.56. The van der Waals surface area contributed by atoms with Gasteiger partial charge >= 0.3 is 12.2 Å². The summed E-state index contributed by atoms with van der Waals surface area (Å²) in [5.74, 6) is -0.976. The molecule has 3 rings (SSSR count). The quantitative estimate of drug-likeness (QED) is 0.743. The number of nitrogens with zero attached hydrogens (tertiary/aromatic N) is 1. The number of nitrogens with one attached hydrogen (secondary N) is 2. The molecule has 0 aromatic heterocycles. The zero-order chi connectivity index (χ0) is 21.6. The lowest BCUT2D eigenvalue weighted by Crippen LogP contribution is -2.54. The summed E-state index contributed by atoms with van der Waals surface area (Å²) in [6.07, 6.45) is -2.65. The van der Waals surface area contributed by atoms with Crippen molar-refractivity contribution in [1.29, 1.82) is 0 Å². The minimum Gasteiger partial charge on any atom is -0.325 e. The molecule has 2 unspecified atom stereocenters. The molecule has 6 nitrogen and oxygen atoms in total. The van der Waals surface area contributed by atoms with Gasteiger partial charge < -0.3 is 10.6 Å². The van der Waals surface area contributed by atoms with E-state index in [9.17, 15) is 27.6 Å². The zero-order valence-corrected chi connectivity index (χ0v) is 16.5. The van der Waals surface area contributed by atoms with Crippen molar-refractivity contribution in [1.82, 2.24) is 10.2 Å². The van der Waals surface area contributed by atoms with E-state index in [0.717, 1.165) is 23.5 Å². The van der Waals surface area contributed by atoms with Gasteiger partial charge in [-0.3, -0.25) is 14.5 Å². The van der Waals surface area contributed by atoms with E-state index in [1.807, 2.05) is 20.8 Å². The fourth-order valence-electron chi connectivity index (χ4n) is 4.77. The first-order valence-electron chi connectivity index (χ1n) is 9.43. The number of alkyl halides is 3. The van der Waals surface area contributed by atoms with Crippen LogP contribution < -0.4 is 10.6 Å². The van der Waals surface area contributed by atoms with Crippen LogP contribution in [0, 0.1) is 11.3 Å². The van der Waals surface area contributed by atoms with Crippen molar-refractivity contribution < 1.29 is 27.6 Å². The van der Waals surface area contributed by atoms with Crippen molar-refractivity contribution in [2.75, 3.05) is 11.9 Å². The molecule has 0 radical (unpaired) electrons. The van der Waals surface area contributed by atoms with Crippen molar-refractivity contribution in [2.24, 2.45) is 11.3 Å². The zero-order valence-electron chi connectivity index (χ0n) is 16.5. The van der Waals surface area contributed by atoms with Gasteiger partial charge in [-0.05, 0) is 48.8 Å². The SMILES string of the molecule is CC1CC(C)(C)CC2(C1)NC(=O)N(CC(=O)Nc1cccc(C(F)(F)F)c1)C2=O. The third-order valence-electron chi connectivity index (χ3n) is 5.40. The van der Waals surface area contributed by atoms with E-state index in [1.165, 1.54) is 12.1 Å². The Morgan fingerprint density at radius 2 is 1.97 bits per heavy atom. The monoisotopic (exact) mass is 411 g/mol. The number of amides is 4. The fourth-order valence-corrected chi connectivity index (χ4v) is 4.77. The lowest BCUT2D eigenvalue weighted by atomic mass is 9.64. The summed E-state index contributed by atoms with van der Waals surface area (Å²) in [6.45, 7) is 5.53. The van der Waals surface area contributed by atoms with Crippen LogP contribution in [-0.2, 0) is 15.8 Å². The molecule has 1 spiro atoms. The highest BCUT2D eigenvalue weighted by Crippen LogP contribution is 2.46. The maximum absolute atomic E-state index is 13.0. The van der Waals surface area contributed by atoms with Gasteiger partial charge in [0.2, 0.25) is 5.91 Å². The van der Waals surface area contributed by atoms with Gasteiger partial charge in [-0.1, -0.05) is 26.8 Å². The number of rotatable bonds is 3. The van der Waals surface area contributed by atoms with Crippen molar-refractivity contribution in [3.05, 3.63) is 29.8 Å². The summed E-state index contributed by atoms with van der Waals surface area (Å²) < 4.78 is 38.4. The van der Waals surface area contributed by atoms with E-state index in [2.05, 4.69) is 10.6 Å². The highest BCUT2D eigenvalue weighted by molar-refractivity contribution is 6.10. The molecule has 9 heteroatoms. The minimum atomic E-state index is -4.54. The van der Waals surface area contributed by atoms with Crippen molar-refractivity contribution in [3.63, 3.8) is 0 Å². The molecule has 1 aromatic carbocycles. The van der Waals surface area contributed by atoms with Gasteiger partial charge in [0, 0.05) is 5.69 Å². The molecule has 2 N–H and O–H groups in total. The number of carbonyl (C=O) groups is 3. The molecule has 158 valence electrons. The average molecular weight is 411 g/mol. The number of anilines is 1. The van der Waals surface area contributed by atoms with E-state index < -0.39 is 41.7 Å². The Balaban J connectivity index is 1.71. The van der Waals surface area contributed by atoms with Crippen LogP contribution in [0.25, 0.3) is 0 Å². The number of imide groups is 1. The third kappa shape index (κ3) is 4.38. The van der Waals surface area contributed by atoms with E-state index in [-0.39, 0.29) is 17.0 Å². The number of benzene rings is 1. The van der Waals surface area contributed by atoms with E-state index in [0.29, 0.717) is 12.8 Å². The standard InChI is InChI=1S/C20H24F3N3O3/c1-12-8-18(2,3)11-19(9-12)16(28)26(17(29)25-19)10-15(27)24-14-6-4-5-13(7-14)20(21,22)23/h4-7,12H,8-11H2,1-3H3,(H,24,27)(H,25,29). The first-order chi connectivity index (χ1) is 13.3. The number of halogens is 3. The maximum Gasteiger partial charge on any atom is 0.416 e. The first-order valence-corrected chi connectivity index (χ1v) is 9.43. The van der Waals surface area contributed by atoms with Crippen LogP contribution in [0.15, 0.2) is 24.3 Å². The van der Waals surface area contributed by atoms with Crippen LogP contribution in [0.5, 0.6) is 0 Å². The number of hydrogen-bond donors (Lipinski definition) is 2. The number of hydrogen-bond acceptors (Lipinski definition) is 3. The van der Waals surface area contributed by atoms with Gasteiger partial charge in [0.25, 0.3) is 5.91 Å². The summed E-state index contributed by atoms with van der Waals surface area (Å²) in [4.78, 5) is 38.6. The normalized spacial score (nSPS) is 26.6. The Bertz CT molecular complexity index is 853. The second-order valence-corrected chi connectivity index (χ2v) is 8.88. The molecule has 1 aromatic rings. The van der Waals surface area contributed by atoms with Crippen LogP contribution in [-0.4, -0.2) is 34.8 Å². The molecule has 2 aliphatic rings. The molecular formula is C20H24F3N3O3. The lowest BCUT2D eigenvalue weighted by Gasteiger charge is -2.43. The van der Waals surface area contributed by atoms with Crippen LogP contribution in [0.3, 0.4) is 0 Å². The third-order valence-corrected chi connectivity index (χ3v) is 5.40. The second-order valence-electron chi connectivity index (χ2n) is 8.88. The number of urea groups is 1. The van der Waals surface area contributed by atoms with Crippen LogP contribution in [0.2, 0.25) is 0 Å². The summed E-state index contributed by atoms with van der Waals surface area (Å²) in [7, 11) is 0. The highest BCUT2D eigenvalue weighted by atomic mass is 19.4. The van der Waals surface area contributed by atoms with Crippen LogP contribution in [0.4, 0.5) is 23.7 Å². The summed E-state index contributed by atoms with van der Waals surface area (Å²) >= 11 is 0. The Morgan fingerprint density at radius 1 is 1.28 bits per heavy atom. The molecule has 1 aliphatic heterocycles. The number of carbonyl (C=O) groups excluding carboxylic acids is 3. The van der Waals surface area contributed by atoms with Gasteiger partial charge in [0.15, 0.2) is 0 Å². The van der Waals surface area contributed by atoms with E-state index in [4.69, 9.17) is 0 Å². The molecule has 2 atom stereocenters. The van der Waals surface area contributed by atoms with Gasteiger partial charge in [0.05, 0.1) is 5.56 Å².